The van der Waals surface area contributed by atoms with Crippen molar-refractivity contribution in [2.45, 2.75) is 25.7 Å². The number of benzene rings is 1. The first-order valence-corrected chi connectivity index (χ1v) is 6.56. The second-order valence-corrected chi connectivity index (χ2v) is 4.72. The molecule has 1 aliphatic rings. The van der Waals surface area contributed by atoms with E-state index in [0.29, 0.717) is 5.75 Å². The molecule has 19 heavy (non-hydrogen) atoms. The summed E-state index contributed by atoms with van der Waals surface area (Å²) in [6.45, 7) is 3.76. The van der Waals surface area contributed by atoms with Gasteiger partial charge in [0, 0.05) is 13.1 Å². The maximum Gasteiger partial charge on any atom is 0.160 e. The number of aliphatic hydroxyl groups excluding tert-OH is 1. The van der Waals surface area contributed by atoms with Crippen LogP contribution in [-0.4, -0.2) is 48.0 Å². The van der Waals surface area contributed by atoms with Crippen LogP contribution >= 0.6 is 0 Å². The first-order valence-electron chi connectivity index (χ1n) is 6.56. The third kappa shape index (κ3) is 3.00. The molecule has 2 N–H and O–H groups in total. The Labute approximate surface area is 113 Å². The molecule has 0 radical (unpaired) electrons. The number of aliphatic hydroxyl groups is 1. The van der Waals surface area contributed by atoms with Crippen molar-refractivity contribution in [3.05, 3.63) is 23.8 Å². The SMILES string of the molecule is CCCN1CC(CO)OC1c1ccc(O)c(OC)c1. The van der Waals surface area contributed by atoms with Crippen LogP contribution < -0.4 is 4.74 Å². The zero-order valence-electron chi connectivity index (χ0n) is 11.4. The van der Waals surface area contributed by atoms with Crippen molar-refractivity contribution in [2.75, 3.05) is 26.8 Å². The Morgan fingerprint density at radius 1 is 1.47 bits per heavy atom. The summed E-state index contributed by atoms with van der Waals surface area (Å²) in [6, 6.07) is 5.21. The van der Waals surface area contributed by atoms with Gasteiger partial charge in [0.15, 0.2) is 11.5 Å². The molecule has 1 heterocycles. The lowest BCUT2D eigenvalue weighted by Crippen LogP contribution is -2.26. The average Bonchev–Trinajstić information content (AvgIpc) is 2.83. The summed E-state index contributed by atoms with van der Waals surface area (Å²) in [7, 11) is 1.52. The van der Waals surface area contributed by atoms with Gasteiger partial charge < -0.3 is 19.7 Å². The van der Waals surface area contributed by atoms with Gasteiger partial charge in [0.25, 0.3) is 0 Å². The van der Waals surface area contributed by atoms with Crippen LogP contribution in [0.2, 0.25) is 0 Å². The summed E-state index contributed by atoms with van der Waals surface area (Å²) in [5, 5.41) is 18.9. The van der Waals surface area contributed by atoms with Crippen molar-refractivity contribution in [2.24, 2.45) is 0 Å². The number of phenolic OH excluding ortho intramolecular Hbond substituents is 1. The molecule has 1 saturated heterocycles. The summed E-state index contributed by atoms with van der Waals surface area (Å²) in [5.41, 5.74) is 0.930. The van der Waals surface area contributed by atoms with E-state index in [0.717, 1.165) is 25.1 Å². The molecule has 5 nitrogen and oxygen atoms in total. The van der Waals surface area contributed by atoms with Crippen molar-refractivity contribution in [1.82, 2.24) is 4.90 Å². The van der Waals surface area contributed by atoms with E-state index < -0.39 is 0 Å². The van der Waals surface area contributed by atoms with Crippen molar-refractivity contribution in [3.63, 3.8) is 0 Å². The van der Waals surface area contributed by atoms with Gasteiger partial charge in [0.2, 0.25) is 0 Å². The molecule has 0 spiro atoms. The highest BCUT2D eigenvalue weighted by atomic mass is 16.5. The Bertz CT molecular complexity index is 424. The summed E-state index contributed by atoms with van der Waals surface area (Å²) in [5.74, 6) is 0.551. The van der Waals surface area contributed by atoms with Crippen LogP contribution in [0.5, 0.6) is 11.5 Å². The molecule has 0 bridgehead atoms. The lowest BCUT2D eigenvalue weighted by Gasteiger charge is -2.22. The molecule has 2 unspecified atom stereocenters. The van der Waals surface area contributed by atoms with E-state index >= 15 is 0 Å². The number of methoxy groups -OCH3 is 1. The van der Waals surface area contributed by atoms with Crippen LogP contribution in [0.3, 0.4) is 0 Å². The van der Waals surface area contributed by atoms with E-state index in [1.165, 1.54) is 7.11 Å². The van der Waals surface area contributed by atoms with Gasteiger partial charge in [-0.25, -0.2) is 0 Å². The number of aromatic hydroxyl groups is 1. The normalized spacial score (nSPS) is 23.7. The molecule has 0 amide bonds. The lowest BCUT2D eigenvalue weighted by molar-refractivity contribution is -0.0196. The van der Waals surface area contributed by atoms with Gasteiger partial charge in [-0.2, -0.15) is 0 Å². The third-order valence-corrected chi connectivity index (χ3v) is 3.29. The Balaban J connectivity index is 2.23. The van der Waals surface area contributed by atoms with Crippen LogP contribution in [-0.2, 0) is 4.74 Å². The highest BCUT2D eigenvalue weighted by molar-refractivity contribution is 5.42. The number of hydrogen-bond donors (Lipinski definition) is 2. The van der Waals surface area contributed by atoms with Crippen molar-refractivity contribution >= 4 is 0 Å². The Morgan fingerprint density at radius 2 is 2.26 bits per heavy atom. The molecule has 1 aliphatic heterocycles. The molecule has 2 rings (SSSR count). The molecular formula is C14H21NO4. The smallest absolute Gasteiger partial charge is 0.160 e. The molecule has 0 saturated carbocycles. The summed E-state index contributed by atoms with van der Waals surface area (Å²) in [4.78, 5) is 2.19. The predicted molar refractivity (Wildman–Crippen MR) is 71.2 cm³/mol. The number of ether oxygens (including phenoxy) is 2. The first-order chi connectivity index (χ1) is 9.19. The van der Waals surface area contributed by atoms with Gasteiger partial charge >= 0.3 is 0 Å². The second kappa shape index (κ2) is 6.23. The largest absolute Gasteiger partial charge is 0.504 e. The van der Waals surface area contributed by atoms with Gasteiger partial charge in [-0.3, -0.25) is 4.90 Å². The lowest BCUT2D eigenvalue weighted by atomic mass is 10.1. The van der Waals surface area contributed by atoms with Gasteiger partial charge in [0.1, 0.15) is 6.23 Å². The minimum atomic E-state index is -0.188. The summed E-state index contributed by atoms with van der Waals surface area (Å²) >= 11 is 0. The molecule has 2 atom stereocenters. The van der Waals surface area contributed by atoms with Crippen LogP contribution in [0.1, 0.15) is 25.1 Å². The van der Waals surface area contributed by atoms with Gasteiger partial charge in [-0.05, 0) is 24.1 Å². The van der Waals surface area contributed by atoms with E-state index in [1.54, 1.807) is 12.1 Å². The third-order valence-electron chi connectivity index (χ3n) is 3.29. The fourth-order valence-corrected chi connectivity index (χ4v) is 2.40. The van der Waals surface area contributed by atoms with Crippen molar-refractivity contribution in [1.29, 1.82) is 0 Å². The highest BCUT2D eigenvalue weighted by Crippen LogP contribution is 2.35. The first kappa shape index (κ1) is 14.1. The van der Waals surface area contributed by atoms with Crippen LogP contribution in [0, 0.1) is 0 Å². The second-order valence-electron chi connectivity index (χ2n) is 4.72. The molecule has 0 aliphatic carbocycles. The fourth-order valence-electron chi connectivity index (χ4n) is 2.40. The number of rotatable bonds is 5. The topological polar surface area (TPSA) is 62.2 Å². The van der Waals surface area contributed by atoms with Gasteiger partial charge in [-0.1, -0.05) is 13.0 Å². The number of phenols is 1. The van der Waals surface area contributed by atoms with Crippen LogP contribution in [0.15, 0.2) is 18.2 Å². The Kier molecular flexibility index (Phi) is 4.63. The standard InChI is InChI=1S/C14H21NO4/c1-3-6-15-8-11(9-16)19-14(15)10-4-5-12(17)13(7-10)18-2/h4-5,7,11,14,16-17H,3,6,8-9H2,1-2H3. The quantitative estimate of drug-likeness (QED) is 0.846. The number of hydrogen-bond acceptors (Lipinski definition) is 5. The highest BCUT2D eigenvalue weighted by Gasteiger charge is 2.33. The fraction of sp³-hybridized carbons (Fsp3) is 0.571. The van der Waals surface area contributed by atoms with Crippen molar-refractivity contribution in [3.8, 4) is 11.5 Å². The van der Waals surface area contributed by atoms with E-state index in [9.17, 15) is 10.2 Å². The van der Waals surface area contributed by atoms with Crippen LogP contribution in [0.4, 0.5) is 0 Å². The van der Waals surface area contributed by atoms with E-state index in [1.807, 2.05) is 6.07 Å². The Hall–Kier alpha value is -1.30. The van der Waals surface area contributed by atoms with E-state index in [2.05, 4.69) is 11.8 Å². The average molecular weight is 267 g/mol. The van der Waals surface area contributed by atoms with Crippen molar-refractivity contribution < 1.29 is 19.7 Å². The minimum Gasteiger partial charge on any atom is -0.504 e. The summed E-state index contributed by atoms with van der Waals surface area (Å²) < 4.78 is 11.0. The molecule has 1 fully saturated rings. The number of nitrogens with zero attached hydrogens (tertiary/aromatic N) is 1. The predicted octanol–water partition coefficient (Wildman–Crippen LogP) is 1.50. The van der Waals surface area contributed by atoms with Crippen LogP contribution in [0.25, 0.3) is 0 Å². The van der Waals surface area contributed by atoms with Gasteiger partial charge in [0.05, 0.1) is 19.8 Å². The summed E-state index contributed by atoms with van der Waals surface area (Å²) in [6.07, 6.45) is 0.677. The van der Waals surface area contributed by atoms with E-state index in [4.69, 9.17) is 9.47 Å². The maximum atomic E-state index is 9.63. The molecule has 0 aromatic heterocycles. The molecule has 5 heteroatoms. The zero-order chi connectivity index (χ0) is 13.8. The minimum absolute atomic E-state index is 0.0198. The Morgan fingerprint density at radius 3 is 2.89 bits per heavy atom. The monoisotopic (exact) mass is 267 g/mol. The maximum absolute atomic E-state index is 9.63. The molecule has 106 valence electrons. The molecule has 1 aromatic rings. The molecule has 1 aromatic carbocycles. The van der Waals surface area contributed by atoms with Gasteiger partial charge in [-0.15, -0.1) is 0 Å². The molecular weight excluding hydrogens is 246 g/mol. The van der Waals surface area contributed by atoms with E-state index in [-0.39, 0.29) is 24.7 Å². The zero-order valence-corrected chi connectivity index (χ0v) is 11.4.